The highest BCUT2D eigenvalue weighted by Gasteiger charge is 2.43. The minimum absolute atomic E-state index is 0.426. The van der Waals surface area contributed by atoms with Crippen LogP contribution in [0.1, 0.15) is 0 Å². The van der Waals surface area contributed by atoms with Crippen LogP contribution in [0.2, 0.25) is 0 Å². The van der Waals surface area contributed by atoms with E-state index in [4.69, 9.17) is 26.6 Å². The lowest BCUT2D eigenvalue weighted by molar-refractivity contribution is -0.149. The summed E-state index contributed by atoms with van der Waals surface area (Å²) in [5.41, 5.74) is 0. The summed E-state index contributed by atoms with van der Waals surface area (Å²) >= 11 is 5.32. The molecule has 6 N–H and O–H groups in total. The van der Waals surface area contributed by atoms with Crippen LogP contribution in [-0.4, -0.2) is 80.4 Å². The lowest BCUT2D eigenvalue weighted by atomic mass is 9.94. The number of carboxylic acids is 1. The van der Waals surface area contributed by atoms with Gasteiger partial charge in [-0.2, -0.15) is 0 Å². The fourth-order valence-electron chi connectivity index (χ4n) is 1.84. The largest absolute Gasteiger partial charge is 0.478 e. The van der Waals surface area contributed by atoms with E-state index in [1.165, 1.54) is 0 Å². The summed E-state index contributed by atoms with van der Waals surface area (Å²) in [6.45, 7) is -0.820. The Hall–Kier alpha value is -1.39. The number of amides is 1. The van der Waals surface area contributed by atoms with E-state index in [-0.39, 0.29) is 0 Å². The van der Waals surface area contributed by atoms with Gasteiger partial charge in [0.15, 0.2) is 6.10 Å². The first-order chi connectivity index (χ1) is 9.81. The first kappa shape index (κ1) is 17.7. The molecule has 21 heavy (non-hydrogen) atoms. The molecular formula is C11H16ClNO8. The van der Waals surface area contributed by atoms with Crippen molar-refractivity contribution in [3.63, 3.8) is 0 Å². The third kappa shape index (κ3) is 4.29. The summed E-state index contributed by atoms with van der Waals surface area (Å²) < 4.78 is 4.98. The van der Waals surface area contributed by atoms with Crippen molar-refractivity contribution in [2.75, 3.05) is 12.5 Å². The van der Waals surface area contributed by atoms with Gasteiger partial charge in [-0.25, -0.2) is 4.79 Å². The van der Waals surface area contributed by atoms with Crippen molar-refractivity contribution in [1.82, 2.24) is 5.32 Å². The number of aliphatic hydroxyl groups excluding tert-OH is 4. The third-order valence-corrected chi connectivity index (χ3v) is 3.13. The van der Waals surface area contributed by atoms with Gasteiger partial charge in [0.05, 0.1) is 12.6 Å². The quantitative estimate of drug-likeness (QED) is 0.285. The van der Waals surface area contributed by atoms with Crippen LogP contribution < -0.4 is 5.32 Å². The molecule has 0 bridgehead atoms. The van der Waals surface area contributed by atoms with Crippen LogP contribution in [0.5, 0.6) is 0 Å². The lowest BCUT2D eigenvalue weighted by Crippen LogP contribution is -2.60. The molecule has 120 valence electrons. The highest BCUT2D eigenvalue weighted by molar-refractivity contribution is 6.27. The summed E-state index contributed by atoms with van der Waals surface area (Å²) in [5.74, 6) is -3.25. The molecule has 1 unspecified atom stereocenters. The Kier molecular flexibility index (Phi) is 6.37. The molecule has 0 spiro atoms. The van der Waals surface area contributed by atoms with Gasteiger partial charge in [-0.05, 0) is 6.08 Å². The van der Waals surface area contributed by atoms with Crippen LogP contribution in [0, 0.1) is 0 Å². The van der Waals surface area contributed by atoms with E-state index in [1.807, 2.05) is 0 Å². The van der Waals surface area contributed by atoms with Crippen molar-refractivity contribution in [3.05, 3.63) is 11.8 Å². The van der Waals surface area contributed by atoms with Gasteiger partial charge < -0.3 is 35.6 Å². The van der Waals surface area contributed by atoms with Gasteiger partial charge >= 0.3 is 5.97 Å². The standard InChI is InChI=1S/C11H16ClNO8/c12-2-7(17)13-8-4(15)1-6(11(19)20)21-10(8)9(18)5(16)3-14/h1,4-5,8-10,14-16,18H,2-3H2,(H,13,17)(H,19,20)/t4-,5?,8+,9+,10+/m0/s1. The fourth-order valence-corrected chi connectivity index (χ4v) is 1.91. The normalized spacial score (nSPS) is 28.0. The Morgan fingerprint density at radius 1 is 1.43 bits per heavy atom. The molecule has 1 amide bonds. The minimum atomic E-state index is -1.74. The molecule has 0 aliphatic carbocycles. The summed E-state index contributed by atoms with van der Waals surface area (Å²) in [7, 11) is 0. The molecule has 0 aromatic rings. The van der Waals surface area contributed by atoms with Crippen LogP contribution in [0.25, 0.3) is 0 Å². The fraction of sp³-hybridized carbons (Fsp3) is 0.636. The van der Waals surface area contributed by atoms with Gasteiger partial charge in [0.25, 0.3) is 0 Å². The van der Waals surface area contributed by atoms with E-state index in [0.29, 0.717) is 0 Å². The lowest BCUT2D eigenvalue weighted by Gasteiger charge is -2.38. The van der Waals surface area contributed by atoms with Crippen molar-refractivity contribution < 1.29 is 39.9 Å². The summed E-state index contributed by atoms with van der Waals surface area (Å²) in [6.07, 6.45) is -5.51. The van der Waals surface area contributed by atoms with Crippen molar-refractivity contribution in [2.24, 2.45) is 0 Å². The molecule has 1 aliphatic heterocycles. The molecule has 5 atom stereocenters. The first-order valence-electron chi connectivity index (χ1n) is 5.94. The molecule has 9 nitrogen and oxygen atoms in total. The molecule has 0 saturated carbocycles. The minimum Gasteiger partial charge on any atom is -0.478 e. The third-order valence-electron chi connectivity index (χ3n) is 2.88. The molecule has 0 aromatic heterocycles. The number of aliphatic carboxylic acids is 1. The maximum absolute atomic E-state index is 11.3. The number of carbonyl (C=O) groups is 2. The Balaban J connectivity index is 3.04. The summed E-state index contributed by atoms with van der Waals surface area (Å²) in [5, 5.41) is 49.1. The average molecular weight is 326 g/mol. The maximum atomic E-state index is 11.3. The zero-order valence-electron chi connectivity index (χ0n) is 10.7. The summed E-state index contributed by atoms with van der Waals surface area (Å²) in [6, 6.07) is -1.24. The molecular weight excluding hydrogens is 310 g/mol. The number of rotatable bonds is 6. The highest BCUT2D eigenvalue weighted by Crippen LogP contribution is 2.22. The van der Waals surface area contributed by atoms with E-state index in [1.54, 1.807) is 0 Å². The van der Waals surface area contributed by atoms with Gasteiger partial charge in [0, 0.05) is 0 Å². The Morgan fingerprint density at radius 2 is 2.05 bits per heavy atom. The molecule has 1 rings (SSSR count). The van der Waals surface area contributed by atoms with Gasteiger partial charge in [0.1, 0.15) is 24.2 Å². The van der Waals surface area contributed by atoms with Crippen LogP contribution in [0.3, 0.4) is 0 Å². The van der Waals surface area contributed by atoms with E-state index in [0.717, 1.165) is 6.08 Å². The number of hydrogen-bond donors (Lipinski definition) is 6. The van der Waals surface area contributed by atoms with E-state index in [2.05, 4.69) is 5.32 Å². The average Bonchev–Trinajstić information content (AvgIpc) is 2.46. The van der Waals surface area contributed by atoms with Gasteiger partial charge in [-0.1, -0.05) is 0 Å². The van der Waals surface area contributed by atoms with E-state index in [9.17, 15) is 24.9 Å². The number of halogens is 1. The van der Waals surface area contributed by atoms with Crippen LogP contribution in [0.15, 0.2) is 11.8 Å². The van der Waals surface area contributed by atoms with E-state index < -0.39 is 60.6 Å². The smallest absolute Gasteiger partial charge is 0.370 e. The molecule has 0 fully saturated rings. The zero-order chi connectivity index (χ0) is 16.2. The molecule has 0 saturated heterocycles. The molecule has 10 heteroatoms. The van der Waals surface area contributed by atoms with Gasteiger partial charge in [-0.3, -0.25) is 4.79 Å². The van der Waals surface area contributed by atoms with E-state index >= 15 is 0 Å². The number of alkyl halides is 1. The number of nitrogens with one attached hydrogen (secondary N) is 1. The monoisotopic (exact) mass is 325 g/mol. The second-order valence-electron chi connectivity index (χ2n) is 4.38. The predicted molar refractivity (Wildman–Crippen MR) is 68.3 cm³/mol. The van der Waals surface area contributed by atoms with Crippen molar-refractivity contribution >= 4 is 23.5 Å². The Bertz CT molecular complexity index is 428. The van der Waals surface area contributed by atoms with Gasteiger partial charge in [-0.15, -0.1) is 11.6 Å². The number of carboxylic acid groups (broad SMARTS) is 1. The Morgan fingerprint density at radius 3 is 2.52 bits per heavy atom. The zero-order valence-corrected chi connectivity index (χ0v) is 11.5. The van der Waals surface area contributed by atoms with Crippen molar-refractivity contribution in [3.8, 4) is 0 Å². The molecule has 0 aromatic carbocycles. The number of hydrogen-bond acceptors (Lipinski definition) is 7. The second-order valence-corrected chi connectivity index (χ2v) is 4.64. The van der Waals surface area contributed by atoms with Crippen LogP contribution in [0.4, 0.5) is 0 Å². The SMILES string of the molecule is O=C(CCl)N[C@H]1[C@H]([C@H](O)C(O)CO)OC(C(=O)O)=C[C@@H]1O. The van der Waals surface area contributed by atoms with Crippen LogP contribution in [-0.2, 0) is 14.3 Å². The van der Waals surface area contributed by atoms with Crippen LogP contribution >= 0.6 is 11.6 Å². The Labute approximate surface area is 124 Å². The first-order valence-corrected chi connectivity index (χ1v) is 6.47. The maximum Gasteiger partial charge on any atom is 0.370 e. The molecule has 1 aliphatic rings. The number of carbonyl (C=O) groups excluding carboxylic acids is 1. The van der Waals surface area contributed by atoms with Crippen molar-refractivity contribution in [1.29, 1.82) is 0 Å². The second kappa shape index (κ2) is 7.57. The van der Waals surface area contributed by atoms with Gasteiger partial charge in [0.2, 0.25) is 11.7 Å². The van der Waals surface area contributed by atoms with Crippen molar-refractivity contribution in [2.45, 2.75) is 30.5 Å². The topological polar surface area (TPSA) is 157 Å². The number of ether oxygens (including phenoxy) is 1. The predicted octanol–water partition coefficient (Wildman–Crippen LogP) is -2.85. The molecule has 1 heterocycles. The summed E-state index contributed by atoms with van der Waals surface area (Å²) in [4.78, 5) is 22.2. The number of aliphatic hydroxyl groups is 4. The highest BCUT2D eigenvalue weighted by atomic mass is 35.5. The molecule has 0 radical (unpaired) electrons.